The minimum Gasteiger partial charge on any atom is -0.395 e. The van der Waals surface area contributed by atoms with Crippen molar-refractivity contribution < 1.29 is 18.9 Å². The number of carbonyl (C=O) groups excluding carboxylic acids is 2. The molecule has 0 N–H and O–H groups in total. The van der Waals surface area contributed by atoms with Crippen LogP contribution in [0.5, 0.6) is 0 Å². The molecule has 0 bridgehead atoms. The minimum absolute atomic E-state index is 0.187. The lowest BCUT2D eigenvalue weighted by atomic mass is 10.2. The van der Waals surface area contributed by atoms with Crippen molar-refractivity contribution in [1.29, 1.82) is 0 Å². The summed E-state index contributed by atoms with van der Waals surface area (Å²) in [7, 11) is 0. The smallest absolute Gasteiger partial charge is 0.395 e. The van der Waals surface area contributed by atoms with Gasteiger partial charge >= 0.3 is 11.8 Å². The summed E-state index contributed by atoms with van der Waals surface area (Å²) in [5, 5.41) is 17.7. The van der Waals surface area contributed by atoms with Crippen LogP contribution in [0.4, 0.5) is 5.88 Å². The molecule has 4 rings (SSSR count). The highest BCUT2D eigenvalue weighted by Crippen LogP contribution is 2.23. The van der Waals surface area contributed by atoms with Crippen molar-refractivity contribution in [3.63, 3.8) is 0 Å². The van der Waals surface area contributed by atoms with Gasteiger partial charge in [0.05, 0.1) is 29.2 Å². The lowest BCUT2D eigenvalue weighted by Crippen LogP contribution is -2.44. The zero-order valence-corrected chi connectivity index (χ0v) is 15.5. The Morgan fingerprint density at radius 1 is 1.07 bits per heavy atom. The highest BCUT2D eigenvalue weighted by atomic mass is 16.6. The molecule has 3 heterocycles. The summed E-state index contributed by atoms with van der Waals surface area (Å²) >= 11 is 0. The molecular formula is C19H17N5O5. The van der Waals surface area contributed by atoms with E-state index in [0.29, 0.717) is 30.8 Å². The van der Waals surface area contributed by atoms with Gasteiger partial charge in [0, 0.05) is 13.1 Å². The molecule has 2 amide bonds. The average molecular weight is 395 g/mol. The van der Waals surface area contributed by atoms with E-state index in [4.69, 9.17) is 4.42 Å². The number of carbonyl (C=O) groups is 2. The number of hydrazine groups is 1. The Labute approximate surface area is 165 Å². The van der Waals surface area contributed by atoms with Gasteiger partial charge < -0.3 is 4.42 Å². The molecule has 148 valence electrons. The maximum Gasteiger partial charge on any atom is 0.433 e. The van der Waals surface area contributed by atoms with Crippen molar-refractivity contribution in [2.75, 3.05) is 13.1 Å². The zero-order chi connectivity index (χ0) is 20.5. The van der Waals surface area contributed by atoms with Crippen LogP contribution in [0.2, 0.25) is 0 Å². The topological polar surface area (TPSA) is 115 Å². The first-order valence-electron chi connectivity index (χ1n) is 8.95. The van der Waals surface area contributed by atoms with E-state index >= 15 is 0 Å². The van der Waals surface area contributed by atoms with Crippen molar-refractivity contribution in [2.45, 2.75) is 13.3 Å². The number of furan rings is 1. The number of nitro groups is 1. The van der Waals surface area contributed by atoms with E-state index in [9.17, 15) is 19.7 Å². The van der Waals surface area contributed by atoms with Gasteiger partial charge in [0.1, 0.15) is 4.92 Å². The minimum atomic E-state index is -0.717. The number of aromatic nitrogens is 2. The van der Waals surface area contributed by atoms with Gasteiger partial charge in [-0.3, -0.25) is 19.7 Å². The van der Waals surface area contributed by atoms with E-state index in [2.05, 4.69) is 5.10 Å². The second-order valence-electron chi connectivity index (χ2n) is 6.50. The Hall–Kier alpha value is -3.95. The third-order valence-electron chi connectivity index (χ3n) is 4.72. The van der Waals surface area contributed by atoms with Crippen LogP contribution in [0.25, 0.3) is 5.69 Å². The first kappa shape index (κ1) is 18.4. The largest absolute Gasteiger partial charge is 0.433 e. The van der Waals surface area contributed by atoms with Crippen molar-refractivity contribution >= 4 is 17.7 Å². The number of benzene rings is 1. The van der Waals surface area contributed by atoms with Gasteiger partial charge in [0.2, 0.25) is 5.76 Å². The number of nitrogens with zero attached hydrogens (tertiary/aromatic N) is 5. The van der Waals surface area contributed by atoms with E-state index in [1.807, 2.05) is 30.3 Å². The van der Waals surface area contributed by atoms with Crippen LogP contribution in [-0.4, -0.2) is 49.6 Å². The first-order valence-corrected chi connectivity index (χ1v) is 8.95. The quantitative estimate of drug-likeness (QED) is 0.495. The molecule has 1 saturated heterocycles. The fourth-order valence-electron chi connectivity index (χ4n) is 3.29. The number of amides is 2. The molecule has 0 saturated carbocycles. The summed E-state index contributed by atoms with van der Waals surface area (Å²) in [5.74, 6) is -1.67. The molecule has 1 aromatic carbocycles. The maximum atomic E-state index is 13.1. The summed E-state index contributed by atoms with van der Waals surface area (Å²) in [6.45, 7) is 2.44. The lowest BCUT2D eigenvalue weighted by Gasteiger charge is -2.26. The predicted molar refractivity (Wildman–Crippen MR) is 100 cm³/mol. The molecule has 1 fully saturated rings. The summed E-state index contributed by atoms with van der Waals surface area (Å²) in [5.41, 5.74) is 1.84. The summed E-state index contributed by atoms with van der Waals surface area (Å²) in [6.07, 6.45) is 2.07. The van der Waals surface area contributed by atoms with Crippen molar-refractivity contribution in [3.05, 3.63) is 75.8 Å². The van der Waals surface area contributed by atoms with E-state index in [-0.39, 0.29) is 11.7 Å². The molecule has 1 aliphatic rings. The van der Waals surface area contributed by atoms with Gasteiger partial charge in [-0.15, -0.1) is 0 Å². The van der Waals surface area contributed by atoms with Crippen LogP contribution in [0.15, 0.2) is 53.1 Å². The van der Waals surface area contributed by atoms with E-state index in [0.717, 1.165) is 11.8 Å². The molecule has 2 aromatic heterocycles. The van der Waals surface area contributed by atoms with Crippen LogP contribution < -0.4 is 0 Å². The van der Waals surface area contributed by atoms with E-state index < -0.39 is 16.7 Å². The highest BCUT2D eigenvalue weighted by Gasteiger charge is 2.35. The molecule has 3 aromatic rings. The maximum absolute atomic E-state index is 13.1. The predicted octanol–water partition coefficient (Wildman–Crippen LogP) is 2.59. The fraction of sp³-hybridized carbons (Fsp3) is 0.211. The second kappa shape index (κ2) is 7.23. The standard InChI is InChI=1S/C19H17N5O5/c1-13-15(12-20-23(13)14-6-3-2-4-7-14)18(25)21-10-5-11-22(21)19(26)16-8-9-17(29-16)24(27)28/h2-4,6-9,12H,5,10-11H2,1H3. The average Bonchev–Trinajstić information content (AvgIpc) is 3.47. The van der Waals surface area contributed by atoms with Crippen molar-refractivity contribution in [2.24, 2.45) is 0 Å². The number of hydrogen-bond acceptors (Lipinski definition) is 6. The van der Waals surface area contributed by atoms with Gasteiger partial charge in [-0.05, 0) is 31.5 Å². The second-order valence-corrected chi connectivity index (χ2v) is 6.50. The van der Waals surface area contributed by atoms with Crippen LogP contribution >= 0.6 is 0 Å². The molecule has 10 nitrogen and oxygen atoms in total. The Bertz CT molecular complexity index is 1090. The normalized spacial score (nSPS) is 13.7. The fourth-order valence-corrected chi connectivity index (χ4v) is 3.29. The Morgan fingerprint density at radius 2 is 1.76 bits per heavy atom. The summed E-state index contributed by atoms with van der Waals surface area (Å²) < 4.78 is 6.65. The molecular weight excluding hydrogens is 378 g/mol. The monoisotopic (exact) mass is 395 g/mol. The Balaban J connectivity index is 1.59. The van der Waals surface area contributed by atoms with Gasteiger partial charge in [0.25, 0.3) is 5.91 Å². The van der Waals surface area contributed by atoms with Crippen molar-refractivity contribution in [1.82, 2.24) is 19.8 Å². The number of rotatable bonds is 4. The van der Waals surface area contributed by atoms with Crippen LogP contribution in [0.1, 0.15) is 33.0 Å². The van der Waals surface area contributed by atoms with Gasteiger partial charge in [-0.25, -0.2) is 14.7 Å². The van der Waals surface area contributed by atoms with Crippen molar-refractivity contribution in [3.8, 4) is 5.69 Å². The third kappa shape index (κ3) is 3.24. The van der Waals surface area contributed by atoms with Crippen LogP contribution in [0.3, 0.4) is 0 Å². The third-order valence-corrected chi connectivity index (χ3v) is 4.72. The van der Waals surface area contributed by atoms with Crippen LogP contribution in [0, 0.1) is 17.0 Å². The highest BCUT2D eigenvalue weighted by molar-refractivity contribution is 5.99. The Morgan fingerprint density at radius 3 is 2.41 bits per heavy atom. The number of para-hydroxylation sites is 1. The molecule has 0 atom stereocenters. The zero-order valence-electron chi connectivity index (χ0n) is 15.5. The molecule has 0 radical (unpaired) electrons. The summed E-state index contributed by atoms with van der Waals surface area (Å²) in [4.78, 5) is 35.9. The van der Waals surface area contributed by atoms with Crippen LogP contribution in [-0.2, 0) is 0 Å². The molecule has 1 aliphatic heterocycles. The van der Waals surface area contributed by atoms with E-state index in [1.54, 1.807) is 11.6 Å². The first-order chi connectivity index (χ1) is 14.0. The molecule has 10 heteroatoms. The Kier molecular flexibility index (Phi) is 4.59. The lowest BCUT2D eigenvalue weighted by molar-refractivity contribution is -0.402. The molecule has 0 unspecified atom stereocenters. The summed E-state index contributed by atoms with van der Waals surface area (Å²) in [6, 6.07) is 11.8. The SMILES string of the molecule is Cc1c(C(=O)N2CCCN2C(=O)c2ccc([N+](=O)[O-])o2)cnn1-c1ccccc1. The molecule has 29 heavy (non-hydrogen) atoms. The molecule has 0 spiro atoms. The van der Waals surface area contributed by atoms with Gasteiger partial charge in [-0.1, -0.05) is 18.2 Å². The molecule has 0 aliphatic carbocycles. The number of hydrogen-bond donors (Lipinski definition) is 0. The van der Waals surface area contributed by atoms with Gasteiger partial charge in [-0.2, -0.15) is 5.10 Å². The van der Waals surface area contributed by atoms with Gasteiger partial charge in [0.15, 0.2) is 0 Å². The van der Waals surface area contributed by atoms with E-state index in [1.165, 1.54) is 22.3 Å².